The summed E-state index contributed by atoms with van der Waals surface area (Å²) in [6, 6.07) is 5.54. The van der Waals surface area contributed by atoms with Crippen molar-refractivity contribution in [3.05, 3.63) is 18.2 Å². The second-order valence-electron chi connectivity index (χ2n) is 3.12. The highest BCUT2D eigenvalue weighted by atomic mass is 32.2. The van der Waals surface area contributed by atoms with E-state index in [-0.39, 0.29) is 11.2 Å². The number of ether oxygens (including phenoxy) is 1. The number of rotatable bonds is 1. The van der Waals surface area contributed by atoms with Crippen LogP contribution >= 0.6 is 11.8 Å². The van der Waals surface area contributed by atoms with Crippen molar-refractivity contribution in [1.82, 2.24) is 0 Å². The van der Waals surface area contributed by atoms with Crippen LogP contribution in [0.4, 0.5) is 5.69 Å². The number of nitrogens with one attached hydrogen (secondary N) is 1. The minimum atomic E-state index is -0.149. The normalized spacial score (nSPS) is 19.9. The van der Waals surface area contributed by atoms with E-state index in [2.05, 4.69) is 5.32 Å². The van der Waals surface area contributed by atoms with Gasteiger partial charge in [0.25, 0.3) is 0 Å². The third-order valence-corrected chi connectivity index (χ3v) is 3.25. The molecule has 0 saturated carbocycles. The Morgan fingerprint density at radius 2 is 2.29 bits per heavy atom. The topological polar surface area (TPSA) is 38.3 Å². The van der Waals surface area contributed by atoms with Crippen LogP contribution in [0.5, 0.6) is 5.75 Å². The molecule has 1 N–H and O–H groups in total. The number of benzene rings is 1. The van der Waals surface area contributed by atoms with Crippen LogP contribution in [0.2, 0.25) is 0 Å². The van der Waals surface area contributed by atoms with Gasteiger partial charge in [0.15, 0.2) is 0 Å². The minimum absolute atomic E-state index is 0.144. The molecule has 0 bridgehead atoms. The first-order valence-corrected chi connectivity index (χ1v) is 5.19. The lowest BCUT2D eigenvalue weighted by Gasteiger charge is -2.23. The second-order valence-corrected chi connectivity index (χ2v) is 4.17. The first kappa shape index (κ1) is 9.40. The molecule has 1 aliphatic rings. The van der Waals surface area contributed by atoms with E-state index in [1.54, 1.807) is 7.11 Å². The number of hydrogen-bond acceptors (Lipinski definition) is 4. The largest absolute Gasteiger partial charge is 0.495 e. The number of fused-ring (bicyclic) bond motifs is 1. The van der Waals surface area contributed by atoms with Gasteiger partial charge in [0.2, 0.25) is 5.12 Å². The summed E-state index contributed by atoms with van der Waals surface area (Å²) < 4.78 is 5.21. The molecule has 1 atom stereocenters. The van der Waals surface area contributed by atoms with E-state index in [4.69, 9.17) is 4.74 Å². The van der Waals surface area contributed by atoms with E-state index in [1.807, 2.05) is 25.1 Å². The van der Waals surface area contributed by atoms with Gasteiger partial charge in [0.1, 0.15) is 5.75 Å². The standard InChI is InChI=1S/C10H11NO2S/c1-6-10(12)14-8-5-3-4-7(13-2)9(8)11-6/h3-6,11H,1-2H3. The summed E-state index contributed by atoms with van der Waals surface area (Å²) in [5.41, 5.74) is 0.923. The summed E-state index contributed by atoms with van der Waals surface area (Å²) in [6.45, 7) is 1.85. The Labute approximate surface area is 86.8 Å². The van der Waals surface area contributed by atoms with Gasteiger partial charge in [-0.25, -0.2) is 0 Å². The van der Waals surface area contributed by atoms with Crippen molar-refractivity contribution in [2.24, 2.45) is 0 Å². The van der Waals surface area contributed by atoms with Gasteiger partial charge in [-0.15, -0.1) is 0 Å². The summed E-state index contributed by atoms with van der Waals surface area (Å²) in [4.78, 5) is 12.4. The third kappa shape index (κ3) is 1.46. The first-order valence-electron chi connectivity index (χ1n) is 4.37. The highest BCUT2D eigenvalue weighted by molar-refractivity contribution is 8.14. The predicted octanol–water partition coefficient (Wildman–Crippen LogP) is 2.13. The Bertz CT molecular complexity index is 378. The molecule has 1 aromatic carbocycles. The smallest absolute Gasteiger partial charge is 0.215 e. The number of anilines is 1. The zero-order valence-electron chi connectivity index (χ0n) is 8.03. The minimum Gasteiger partial charge on any atom is -0.495 e. The molecule has 0 aliphatic carbocycles. The van der Waals surface area contributed by atoms with Crippen LogP contribution in [0.1, 0.15) is 6.92 Å². The van der Waals surface area contributed by atoms with Crippen LogP contribution < -0.4 is 10.1 Å². The lowest BCUT2D eigenvalue weighted by Crippen LogP contribution is -2.27. The fraction of sp³-hybridized carbons (Fsp3) is 0.300. The first-order chi connectivity index (χ1) is 6.72. The highest BCUT2D eigenvalue weighted by Gasteiger charge is 2.24. The number of carbonyl (C=O) groups is 1. The van der Waals surface area contributed by atoms with Crippen molar-refractivity contribution >= 4 is 22.6 Å². The van der Waals surface area contributed by atoms with Crippen molar-refractivity contribution < 1.29 is 9.53 Å². The van der Waals surface area contributed by atoms with Crippen LogP contribution in [-0.2, 0) is 4.79 Å². The molecular weight excluding hydrogens is 198 g/mol. The monoisotopic (exact) mass is 209 g/mol. The number of para-hydroxylation sites is 1. The van der Waals surface area contributed by atoms with Gasteiger partial charge in [-0.1, -0.05) is 6.07 Å². The van der Waals surface area contributed by atoms with E-state index in [1.165, 1.54) is 11.8 Å². The molecule has 0 saturated heterocycles. The molecule has 0 amide bonds. The molecule has 1 aliphatic heterocycles. The summed E-state index contributed by atoms with van der Waals surface area (Å²) in [7, 11) is 1.63. The quantitative estimate of drug-likeness (QED) is 0.769. The maximum Gasteiger partial charge on any atom is 0.215 e. The fourth-order valence-electron chi connectivity index (χ4n) is 1.38. The molecule has 0 fully saturated rings. The van der Waals surface area contributed by atoms with Crippen LogP contribution in [-0.4, -0.2) is 18.3 Å². The maximum absolute atomic E-state index is 11.4. The average Bonchev–Trinajstić information content (AvgIpc) is 2.19. The summed E-state index contributed by atoms with van der Waals surface area (Å²) in [6.07, 6.45) is 0. The van der Waals surface area contributed by atoms with Gasteiger partial charge in [0, 0.05) is 4.90 Å². The lowest BCUT2D eigenvalue weighted by molar-refractivity contribution is -0.111. The van der Waals surface area contributed by atoms with Crippen LogP contribution in [0.3, 0.4) is 0 Å². The van der Waals surface area contributed by atoms with Crippen LogP contribution in [0.15, 0.2) is 23.1 Å². The van der Waals surface area contributed by atoms with Gasteiger partial charge in [-0.3, -0.25) is 4.79 Å². The third-order valence-electron chi connectivity index (χ3n) is 2.13. The van der Waals surface area contributed by atoms with Gasteiger partial charge < -0.3 is 10.1 Å². The van der Waals surface area contributed by atoms with Crippen molar-refractivity contribution in [3.63, 3.8) is 0 Å². The summed E-state index contributed by atoms with van der Waals surface area (Å²) in [5.74, 6) is 0.786. The maximum atomic E-state index is 11.4. The average molecular weight is 209 g/mol. The zero-order chi connectivity index (χ0) is 10.1. The van der Waals surface area contributed by atoms with Gasteiger partial charge in [-0.05, 0) is 30.8 Å². The Morgan fingerprint density at radius 1 is 1.50 bits per heavy atom. The summed E-state index contributed by atoms with van der Waals surface area (Å²) in [5, 5.41) is 3.28. The Hall–Kier alpha value is -1.16. The fourth-order valence-corrected chi connectivity index (χ4v) is 2.24. The van der Waals surface area contributed by atoms with Gasteiger partial charge in [-0.2, -0.15) is 0 Å². The zero-order valence-corrected chi connectivity index (χ0v) is 8.85. The number of thioether (sulfide) groups is 1. The Morgan fingerprint density at radius 3 is 3.00 bits per heavy atom. The second kappa shape index (κ2) is 3.53. The van der Waals surface area contributed by atoms with Crippen LogP contribution in [0, 0.1) is 0 Å². The van der Waals surface area contributed by atoms with Crippen LogP contribution in [0.25, 0.3) is 0 Å². The molecule has 1 unspecified atom stereocenters. The molecule has 2 rings (SSSR count). The van der Waals surface area contributed by atoms with Crippen molar-refractivity contribution in [2.45, 2.75) is 17.9 Å². The van der Waals surface area contributed by atoms with Gasteiger partial charge >= 0.3 is 0 Å². The van der Waals surface area contributed by atoms with Gasteiger partial charge in [0.05, 0.1) is 18.8 Å². The molecule has 0 aromatic heterocycles. The van der Waals surface area contributed by atoms with E-state index >= 15 is 0 Å². The molecule has 74 valence electrons. The van der Waals surface area contributed by atoms with E-state index in [0.29, 0.717) is 0 Å². The van der Waals surface area contributed by atoms with Crippen molar-refractivity contribution in [1.29, 1.82) is 0 Å². The molecule has 0 radical (unpaired) electrons. The van der Waals surface area contributed by atoms with E-state index in [9.17, 15) is 4.79 Å². The SMILES string of the molecule is COc1cccc2c1NC(C)C(=O)S2. The Kier molecular flexibility index (Phi) is 2.37. The van der Waals surface area contributed by atoms with E-state index < -0.39 is 0 Å². The molecule has 1 heterocycles. The summed E-state index contributed by atoms with van der Waals surface area (Å²) >= 11 is 1.27. The van der Waals surface area contributed by atoms with Crippen molar-refractivity contribution in [2.75, 3.05) is 12.4 Å². The molecule has 4 heteroatoms. The molecule has 0 spiro atoms. The molecule has 14 heavy (non-hydrogen) atoms. The predicted molar refractivity (Wildman–Crippen MR) is 56.9 cm³/mol. The van der Waals surface area contributed by atoms with Crippen molar-refractivity contribution in [3.8, 4) is 5.75 Å². The number of methoxy groups -OCH3 is 1. The molecule has 1 aromatic rings. The molecule has 3 nitrogen and oxygen atoms in total. The number of hydrogen-bond donors (Lipinski definition) is 1. The lowest BCUT2D eigenvalue weighted by atomic mass is 10.2. The highest BCUT2D eigenvalue weighted by Crippen LogP contribution is 2.39. The molecular formula is C10H11NO2S. The number of carbonyl (C=O) groups excluding carboxylic acids is 1. The Balaban J connectivity index is 2.46. The van der Waals surface area contributed by atoms with E-state index in [0.717, 1.165) is 16.3 Å².